The minimum atomic E-state index is -0.194. The Balaban J connectivity index is 1.55. The minimum Gasteiger partial charge on any atom is -0.379 e. The van der Waals surface area contributed by atoms with Gasteiger partial charge in [-0.2, -0.15) is 0 Å². The number of anilines is 1. The molecule has 0 saturated carbocycles. The molecule has 1 aromatic heterocycles. The van der Waals surface area contributed by atoms with Gasteiger partial charge in [0.25, 0.3) is 5.91 Å². The van der Waals surface area contributed by atoms with E-state index in [4.69, 9.17) is 4.74 Å². The van der Waals surface area contributed by atoms with Crippen LogP contribution in [-0.4, -0.2) is 60.2 Å². The SMILES string of the molecule is Cc1nc(NCCN2CCOCC2)cc(C(=O)NCc2ccccc2C)n1. The number of aromatic nitrogens is 2. The summed E-state index contributed by atoms with van der Waals surface area (Å²) in [5.41, 5.74) is 2.63. The molecule has 3 rings (SSSR count). The molecule has 27 heavy (non-hydrogen) atoms. The van der Waals surface area contributed by atoms with Crippen LogP contribution in [-0.2, 0) is 11.3 Å². The summed E-state index contributed by atoms with van der Waals surface area (Å²) in [5.74, 6) is 1.06. The topological polar surface area (TPSA) is 79.4 Å². The zero-order valence-corrected chi connectivity index (χ0v) is 16.0. The van der Waals surface area contributed by atoms with Gasteiger partial charge in [-0.25, -0.2) is 9.97 Å². The molecule has 7 heteroatoms. The van der Waals surface area contributed by atoms with Crippen molar-refractivity contribution in [3.05, 3.63) is 53.0 Å². The van der Waals surface area contributed by atoms with Crippen LogP contribution in [0.3, 0.4) is 0 Å². The third-order valence-corrected chi connectivity index (χ3v) is 4.61. The highest BCUT2D eigenvalue weighted by Crippen LogP contribution is 2.09. The van der Waals surface area contributed by atoms with E-state index in [9.17, 15) is 4.79 Å². The van der Waals surface area contributed by atoms with Gasteiger partial charge < -0.3 is 15.4 Å². The van der Waals surface area contributed by atoms with Gasteiger partial charge in [-0.15, -0.1) is 0 Å². The molecular weight excluding hydrogens is 342 g/mol. The molecule has 1 aliphatic heterocycles. The lowest BCUT2D eigenvalue weighted by atomic mass is 10.1. The Morgan fingerprint density at radius 3 is 2.74 bits per heavy atom. The van der Waals surface area contributed by atoms with Gasteiger partial charge >= 0.3 is 0 Å². The van der Waals surface area contributed by atoms with E-state index in [1.165, 1.54) is 0 Å². The first-order valence-electron chi connectivity index (χ1n) is 9.34. The smallest absolute Gasteiger partial charge is 0.270 e. The summed E-state index contributed by atoms with van der Waals surface area (Å²) in [5, 5.41) is 6.24. The van der Waals surface area contributed by atoms with E-state index in [1.807, 2.05) is 31.2 Å². The molecule has 0 spiro atoms. The predicted molar refractivity (Wildman–Crippen MR) is 105 cm³/mol. The first-order valence-corrected chi connectivity index (χ1v) is 9.34. The minimum absolute atomic E-state index is 0.194. The molecule has 2 aromatic rings. The van der Waals surface area contributed by atoms with Gasteiger partial charge in [-0.3, -0.25) is 9.69 Å². The number of ether oxygens (including phenoxy) is 1. The molecular formula is C20H27N5O2. The summed E-state index contributed by atoms with van der Waals surface area (Å²) in [4.78, 5) is 23.5. The maximum absolute atomic E-state index is 12.5. The van der Waals surface area contributed by atoms with Crippen molar-refractivity contribution in [3.63, 3.8) is 0 Å². The molecule has 7 nitrogen and oxygen atoms in total. The second-order valence-electron chi connectivity index (χ2n) is 6.68. The highest BCUT2D eigenvalue weighted by atomic mass is 16.5. The van der Waals surface area contributed by atoms with Crippen LogP contribution < -0.4 is 10.6 Å². The fraction of sp³-hybridized carbons (Fsp3) is 0.450. The quantitative estimate of drug-likeness (QED) is 0.774. The fourth-order valence-electron chi connectivity index (χ4n) is 3.02. The molecule has 1 amide bonds. The van der Waals surface area contributed by atoms with E-state index < -0.39 is 0 Å². The van der Waals surface area contributed by atoms with Gasteiger partial charge in [0.05, 0.1) is 13.2 Å². The number of nitrogens with one attached hydrogen (secondary N) is 2. The molecule has 0 atom stereocenters. The first kappa shape index (κ1) is 19.3. The average molecular weight is 369 g/mol. The lowest BCUT2D eigenvalue weighted by Crippen LogP contribution is -2.39. The van der Waals surface area contributed by atoms with Gasteiger partial charge in [0, 0.05) is 38.8 Å². The third-order valence-electron chi connectivity index (χ3n) is 4.61. The lowest BCUT2D eigenvalue weighted by molar-refractivity contribution is 0.0398. The highest BCUT2D eigenvalue weighted by molar-refractivity contribution is 5.92. The summed E-state index contributed by atoms with van der Waals surface area (Å²) in [6, 6.07) is 9.72. The maximum Gasteiger partial charge on any atom is 0.270 e. The Morgan fingerprint density at radius 1 is 1.19 bits per heavy atom. The van der Waals surface area contributed by atoms with Crippen LogP contribution in [0, 0.1) is 13.8 Å². The predicted octanol–water partition coefficient (Wildman–Crippen LogP) is 1.77. The lowest BCUT2D eigenvalue weighted by Gasteiger charge is -2.26. The largest absolute Gasteiger partial charge is 0.379 e. The van der Waals surface area contributed by atoms with Crippen LogP contribution >= 0.6 is 0 Å². The van der Waals surface area contributed by atoms with Crippen LogP contribution in [0.25, 0.3) is 0 Å². The van der Waals surface area contributed by atoms with Crippen molar-refractivity contribution < 1.29 is 9.53 Å². The molecule has 1 fully saturated rings. The molecule has 2 heterocycles. The standard InChI is InChI=1S/C20H27N5O2/c1-15-5-3-4-6-17(15)14-22-20(26)18-13-19(24-16(2)23-18)21-7-8-25-9-11-27-12-10-25/h3-6,13H,7-12,14H2,1-2H3,(H,22,26)(H,21,23,24). The summed E-state index contributed by atoms with van der Waals surface area (Å²) in [6.07, 6.45) is 0. The van der Waals surface area contributed by atoms with Crippen molar-refractivity contribution >= 4 is 11.7 Å². The van der Waals surface area contributed by atoms with Crippen molar-refractivity contribution in [1.29, 1.82) is 0 Å². The molecule has 0 unspecified atom stereocenters. The molecule has 1 aromatic carbocycles. The zero-order valence-electron chi connectivity index (χ0n) is 16.0. The molecule has 1 aliphatic rings. The van der Waals surface area contributed by atoms with Crippen molar-refractivity contribution in [1.82, 2.24) is 20.2 Å². The van der Waals surface area contributed by atoms with Crippen LogP contribution in [0.5, 0.6) is 0 Å². The number of hydrogen-bond acceptors (Lipinski definition) is 6. The monoisotopic (exact) mass is 369 g/mol. The van der Waals surface area contributed by atoms with Crippen LogP contribution in [0.4, 0.5) is 5.82 Å². The van der Waals surface area contributed by atoms with Gasteiger partial charge in [0.2, 0.25) is 0 Å². The third kappa shape index (κ3) is 5.74. The fourth-order valence-corrected chi connectivity index (χ4v) is 3.02. The van der Waals surface area contributed by atoms with Crippen LogP contribution in [0.1, 0.15) is 27.4 Å². The van der Waals surface area contributed by atoms with Crippen molar-refractivity contribution in [2.75, 3.05) is 44.7 Å². The summed E-state index contributed by atoms with van der Waals surface area (Å²) in [7, 11) is 0. The molecule has 0 bridgehead atoms. The maximum atomic E-state index is 12.5. The second-order valence-corrected chi connectivity index (χ2v) is 6.68. The Hall–Kier alpha value is -2.51. The van der Waals surface area contributed by atoms with Crippen molar-refractivity contribution in [2.45, 2.75) is 20.4 Å². The van der Waals surface area contributed by atoms with Gasteiger partial charge in [0.1, 0.15) is 17.3 Å². The van der Waals surface area contributed by atoms with E-state index in [-0.39, 0.29) is 5.91 Å². The summed E-state index contributed by atoms with van der Waals surface area (Å²) >= 11 is 0. The van der Waals surface area contributed by atoms with Crippen molar-refractivity contribution in [3.8, 4) is 0 Å². The Bertz CT molecular complexity index is 775. The number of aryl methyl sites for hydroxylation is 2. The van der Waals surface area contributed by atoms with Crippen LogP contribution in [0.15, 0.2) is 30.3 Å². The number of benzene rings is 1. The highest BCUT2D eigenvalue weighted by Gasteiger charge is 2.12. The Kier molecular flexibility index (Phi) is 6.73. The Labute approximate surface area is 160 Å². The number of morpholine rings is 1. The van der Waals surface area contributed by atoms with Crippen molar-refractivity contribution in [2.24, 2.45) is 0 Å². The van der Waals surface area contributed by atoms with E-state index in [1.54, 1.807) is 13.0 Å². The number of rotatable bonds is 7. The van der Waals surface area contributed by atoms with Crippen LogP contribution in [0.2, 0.25) is 0 Å². The number of carbonyl (C=O) groups excluding carboxylic acids is 1. The normalized spacial score (nSPS) is 14.7. The number of carbonyl (C=O) groups is 1. The van der Waals surface area contributed by atoms with Gasteiger partial charge in [-0.05, 0) is 25.0 Å². The first-order chi connectivity index (χ1) is 13.1. The zero-order chi connectivity index (χ0) is 19.1. The van der Waals surface area contributed by atoms with E-state index in [0.29, 0.717) is 23.9 Å². The van der Waals surface area contributed by atoms with E-state index >= 15 is 0 Å². The molecule has 2 N–H and O–H groups in total. The number of nitrogens with zero attached hydrogens (tertiary/aromatic N) is 3. The van der Waals surface area contributed by atoms with Gasteiger partial charge in [-0.1, -0.05) is 24.3 Å². The summed E-state index contributed by atoms with van der Waals surface area (Å²) in [6.45, 7) is 9.48. The molecule has 0 aliphatic carbocycles. The second kappa shape index (κ2) is 9.43. The molecule has 0 radical (unpaired) electrons. The number of amides is 1. The van der Waals surface area contributed by atoms with E-state index in [0.717, 1.165) is 50.5 Å². The number of hydrogen-bond donors (Lipinski definition) is 2. The van der Waals surface area contributed by atoms with Gasteiger partial charge in [0.15, 0.2) is 0 Å². The molecule has 144 valence electrons. The molecule has 1 saturated heterocycles. The summed E-state index contributed by atoms with van der Waals surface area (Å²) < 4.78 is 5.36. The van der Waals surface area contributed by atoms with E-state index in [2.05, 4.69) is 25.5 Å². The Morgan fingerprint density at radius 2 is 1.96 bits per heavy atom. The average Bonchev–Trinajstić information content (AvgIpc) is 2.67.